The Labute approximate surface area is 92.3 Å². The van der Waals surface area contributed by atoms with E-state index in [1.165, 1.54) is 25.1 Å². The van der Waals surface area contributed by atoms with Gasteiger partial charge in [0.1, 0.15) is 0 Å². The van der Waals surface area contributed by atoms with Crippen molar-refractivity contribution in [2.75, 3.05) is 6.54 Å². The lowest BCUT2D eigenvalue weighted by Crippen LogP contribution is -2.30. The van der Waals surface area contributed by atoms with Gasteiger partial charge in [0.15, 0.2) is 0 Å². The van der Waals surface area contributed by atoms with Crippen LogP contribution in [0.25, 0.3) is 0 Å². The van der Waals surface area contributed by atoms with E-state index in [2.05, 4.69) is 48.9 Å². The van der Waals surface area contributed by atoms with E-state index in [0.29, 0.717) is 12.1 Å². The fourth-order valence-corrected chi connectivity index (χ4v) is 2.47. The van der Waals surface area contributed by atoms with E-state index in [1.807, 2.05) is 0 Å². The number of aryl methyl sites for hydroxylation is 1. The molecule has 82 valence electrons. The van der Waals surface area contributed by atoms with Gasteiger partial charge in [-0.1, -0.05) is 6.07 Å². The topological polar surface area (TPSA) is 16.1 Å². The summed E-state index contributed by atoms with van der Waals surface area (Å²) < 4.78 is 0. The van der Waals surface area contributed by atoms with Gasteiger partial charge in [0.05, 0.1) is 11.7 Å². The summed E-state index contributed by atoms with van der Waals surface area (Å²) in [5, 5.41) is 0. The lowest BCUT2D eigenvalue weighted by Gasteiger charge is -2.27. The van der Waals surface area contributed by atoms with Crippen molar-refractivity contribution < 1.29 is 0 Å². The van der Waals surface area contributed by atoms with Crippen LogP contribution in [-0.4, -0.2) is 22.5 Å². The average molecular weight is 204 g/mol. The Hall–Kier alpha value is -0.890. The van der Waals surface area contributed by atoms with E-state index in [1.54, 1.807) is 0 Å². The SMILES string of the molecule is Cc1cccc(C2CCCN2C(C)C)n1. The first kappa shape index (κ1) is 10.6. The van der Waals surface area contributed by atoms with Crippen molar-refractivity contribution in [2.24, 2.45) is 0 Å². The molecule has 1 aliphatic rings. The van der Waals surface area contributed by atoms with Gasteiger partial charge in [-0.25, -0.2) is 0 Å². The molecule has 1 fully saturated rings. The monoisotopic (exact) mass is 204 g/mol. The number of likely N-dealkylation sites (tertiary alicyclic amines) is 1. The molecule has 0 aromatic carbocycles. The molecule has 1 aromatic rings. The van der Waals surface area contributed by atoms with Crippen LogP contribution in [0.4, 0.5) is 0 Å². The Bertz CT molecular complexity index is 333. The van der Waals surface area contributed by atoms with Crippen LogP contribution in [0.2, 0.25) is 0 Å². The van der Waals surface area contributed by atoms with Crippen molar-refractivity contribution in [2.45, 2.75) is 45.7 Å². The smallest absolute Gasteiger partial charge is 0.0578 e. The molecule has 1 atom stereocenters. The van der Waals surface area contributed by atoms with Gasteiger partial charge in [0, 0.05) is 11.7 Å². The normalized spacial score (nSPS) is 22.5. The Morgan fingerprint density at radius 2 is 2.20 bits per heavy atom. The van der Waals surface area contributed by atoms with Gasteiger partial charge in [-0.3, -0.25) is 9.88 Å². The standard InChI is InChI=1S/C13H20N2/c1-10(2)15-9-5-8-13(15)12-7-4-6-11(3)14-12/h4,6-7,10,13H,5,8-9H2,1-3H3. The zero-order valence-electron chi connectivity index (χ0n) is 9.90. The minimum absolute atomic E-state index is 0.546. The average Bonchev–Trinajstić information content (AvgIpc) is 2.65. The Morgan fingerprint density at radius 3 is 2.87 bits per heavy atom. The fraction of sp³-hybridized carbons (Fsp3) is 0.615. The highest BCUT2D eigenvalue weighted by Gasteiger charge is 2.28. The molecule has 0 radical (unpaired) electrons. The zero-order chi connectivity index (χ0) is 10.8. The summed E-state index contributed by atoms with van der Waals surface area (Å²) in [7, 11) is 0. The van der Waals surface area contributed by atoms with E-state index in [0.717, 1.165) is 5.69 Å². The minimum Gasteiger partial charge on any atom is -0.292 e. The van der Waals surface area contributed by atoms with E-state index < -0.39 is 0 Å². The van der Waals surface area contributed by atoms with Crippen molar-refractivity contribution in [3.8, 4) is 0 Å². The summed E-state index contributed by atoms with van der Waals surface area (Å²) in [6, 6.07) is 7.52. The van der Waals surface area contributed by atoms with Crippen LogP contribution in [-0.2, 0) is 0 Å². The Morgan fingerprint density at radius 1 is 1.40 bits per heavy atom. The molecule has 2 heteroatoms. The minimum atomic E-state index is 0.546. The number of aromatic nitrogens is 1. The molecule has 0 saturated carbocycles. The van der Waals surface area contributed by atoms with Gasteiger partial charge in [-0.2, -0.15) is 0 Å². The van der Waals surface area contributed by atoms with Gasteiger partial charge in [-0.05, 0) is 52.3 Å². The molecule has 2 heterocycles. The van der Waals surface area contributed by atoms with Crippen LogP contribution >= 0.6 is 0 Å². The summed E-state index contributed by atoms with van der Waals surface area (Å²) >= 11 is 0. The lowest BCUT2D eigenvalue weighted by atomic mass is 10.1. The molecular formula is C13H20N2. The van der Waals surface area contributed by atoms with E-state index in [4.69, 9.17) is 0 Å². The molecule has 1 unspecified atom stereocenters. The third kappa shape index (κ3) is 2.20. The maximum absolute atomic E-state index is 4.65. The first-order valence-electron chi connectivity index (χ1n) is 5.88. The largest absolute Gasteiger partial charge is 0.292 e. The highest BCUT2D eigenvalue weighted by molar-refractivity contribution is 5.14. The summed E-state index contributed by atoms with van der Waals surface area (Å²) in [6.45, 7) is 7.83. The van der Waals surface area contributed by atoms with Crippen LogP contribution < -0.4 is 0 Å². The summed E-state index contributed by atoms with van der Waals surface area (Å²) in [5.41, 5.74) is 2.38. The van der Waals surface area contributed by atoms with Gasteiger partial charge in [0.2, 0.25) is 0 Å². The molecule has 1 aliphatic heterocycles. The van der Waals surface area contributed by atoms with Gasteiger partial charge >= 0.3 is 0 Å². The van der Waals surface area contributed by atoms with Crippen molar-refractivity contribution in [3.63, 3.8) is 0 Å². The molecule has 1 aromatic heterocycles. The first-order valence-corrected chi connectivity index (χ1v) is 5.88. The van der Waals surface area contributed by atoms with E-state index in [-0.39, 0.29) is 0 Å². The van der Waals surface area contributed by atoms with Crippen LogP contribution in [0, 0.1) is 6.92 Å². The van der Waals surface area contributed by atoms with Gasteiger partial charge in [0.25, 0.3) is 0 Å². The van der Waals surface area contributed by atoms with Crippen molar-refractivity contribution in [3.05, 3.63) is 29.6 Å². The molecule has 2 nitrogen and oxygen atoms in total. The predicted molar refractivity (Wildman–Crippen MR) is 62.8 cm³/mol. The predicted octanol–water partition coefficient (Wildman–Crippen LogP) is 2.94. The third-order valence-corrected chi connectivity index (χ3v) is 3.21. The van der Waals surface area contributed by atoms with Crippen molar-refractivity contribution in [1.82, 2.24) is 9.88 Å². The maximum atomic E-state index is 4.65. The second-order valence-corrected chi connectivity index (χ2v) is 4.69. The van der Waals surface area contributed by atoms with Crippen LogP contribution in [0.3, 0.4) is 0 Å². The quantitative estimate of drug-likeness (QED) is 0.736. The molecular weight excluding hydrogens is 184 g/mol. The number of hydrogen-bond acceptors (Lipinski definition) is 2. The zero-order valence-corrected chi connectivity index (χ0v) is 9.90. The van der Waals surface area contributed by atoms with Crippen LogP contribution in [0.1, 0.15) is 44.1 Å². The summed E-state index contributed by atoms with van der Waals surface area (Å²) in [5.74, 6) is 0. The van der Waals surface area contributed by atoms with Gasteiger partial charge < -0.3 is 0 Å². The number of rotatable bonds is 2. The second-order valence-electron chi connectivity index (χ2n) is 4.69. The van der Waals surface area contributed by atoms with Gasteiger partial charge in [-0.15, -0.1) is 0 Å². The molecule has 1 saturated heterocycles. The summed E-state index contributed by atoms with van der Waals surface area (Å²) in [4.78, 5) is 7.20. The fourth-order valence-electron chi connectivity index (χ4n) is 2.47. The molecule has 0 aliphatic carbocycles. The molecule has 0 N–H and O–H groups in total. The summed E-state index contributed by atoms with van der Waals surface area (Å²) in [6.07, 6.45) is 2.56. The van der Waals surface area contributed by atoms with Crippen molar-refractivity contribution in [1.29, 1.82) is 0 Å². The van der Waals surface area contributed by atoms with E-state index >= 15 is 0 Å². The van der Waals surface area contributed by atoms with Crippen molar-refractivity contribution >= 4 is 0 Å². The van der Waals surface area contributed by atoms with Crippen LogP contribution in [0.15, 0.2) is 18.2 Å². The highest BCUT2D eigenvalue weighted by Crippen LogP contribution is 2.32. The number of hydrogen-bond donors (Lipinski definition) is 0. The van der Waals surface area contributed by atoms with E-state index in [9.17, 15) is 0 Å². The first-order chi connectivity index (χ1) is 7.18. The maximum Gasteiger partial charge on any atom is 0.0578 e. The Kier molecular flexibility index (Phi) is 3.06. The second kappa shape index (κ2) is 4.31. The number of pyridine rings is 1. The lowest BCUT2D eigenvalue weighted by molar-refractivity contribution is 0.202. The third-order valence-electron chi connectivity index (χ3n) is 3.21. The molecule has 0 amide bonds. The number of nitrogens with zero attached hydrogens (tertiary/aromatic N) is 2. The molecule has 2 rings (SSSR count). The van der Waals surface area contributed by atoms with Crippen LogP contribution in [0.5, 0.6) is 0 Å². The molecule has 15 heavy (non-hydrogen) atoms. The Balaban J connectivity index is 2.22. The highest BCUT2D eigenvalue weighted by atomic mass is 15.2. The molecule has 0 bridgehead atoms. The molecule has 0 spiro atoms.